The summed E-state index contributed by atoms with van der Waals surface area (Å²) < 4.78 is 14.9. The predicted octanol–water partition coefficient (Wildman–Crippen LogP) is 3.74. The highest BCUT2D eigenvalue weighted by molar-refractivity contribution is 5.71. The van der Waals surface area contributed by atoms with Gasteiger partial charge in [0.15, 0.2) is 11.6 Å². The minimum Gasteiger partial charge on any atom is -0.497 e. The number of rotatable bonds is 3. The molecule has 0 bridgehead atoms. The molecule has 0 unspecified atom stereocenters. The molecule has 0 atom stereocenters. The first-order valence-electron chi connectivity index (χ1n) is 11.0. The van der Waals surface area contributed by atoms with Gasteiger partial charge in [0.1, 0.15) is 30.1 Å². The van der Waals surface area contributed by atoms with Gasteiger partial charge in [0.2, 0.25) is 0 Å². The Hall–Kier alpha value is -3.96. The first kappa shape index (κ1) is 21.9. The number of benzene rings is 1. The molecule has 1 aliphatic heterocycles. The minimum absolute atomic E-state index is 0.0483. The standard InChI is InChI=1S/C26H26N6O2/c1-26(2,3)17-6-7-18(27-13-17)8-10-21-23-14-31-24(15-33-4)29-30-25(31)20-12-19(34-5)9-11-22(20)32(23)16-28-21/h6-7,9,11-13,16H,14-15H2,1-5H3. The van der Waals surface area contributed by atoms with E-state index in [1.807, 2.05) is 35.0 Å². The molecule has 8 nitrogen and oxygen atoms in total. The van der Waals surface area contributed by atoms with E-state index in [1.54, 1.807) is 20.5 Å². The number of nitrogens with zero attached hydrogens (tertiary/aromatic N) is 6. The lowest BCUT2D eigenvalue weighted by Gasteiger charge is -2.17. The second-order valence-electron chi connectivity index (χ2n) is 9.18. The van der Waals surface area contributed by atoms with Crippen molar-refractivity contribution in [3.63, 3.8) is 0 Å². The smallest absolute Gasteiger partial charge is 0.166 e. The van der Waals surface area contributed by atoms with Crippen molar-refractivity contribution in [1.29, 1.82) is 0 Å². The van der Waals surface area contributed by atoms with Gasteiger partial charge < -0.3 is 14.0 Å². The lowest BCUT2D eigenvalue weighted by Crippen LogP contribution is -2.11. The first-order chi connectivity index (χ1) is 16.4. The maximum atomic E-state index is 5.46. The van der Waals surface area contributed by atoms with E-state index in [0.717, 1.165) is 34.3 Å². The maximum absolute atomic E-state index is 5.46. The van der Waals surface area contributed by atoms with E-state index in [2.05, 4.69) is 63.4 Å². The minimum atomic E-state index is 0.0483. The predicted molar refractivity (Wildman–Crippen MR) is 128 cm³/mol. The van der Waals surface area contributed by atoms with Gasteiger partial charge >= 0.3 is 0 Å². The van der Waals surface area contributed by atoms with Gasteiger partial charge in [0.25, 0.3) is 0 Å². The normalized spacial score (nSPS) is 12.1. The van der Waals surface area contributed by atoms with Crippen molar-refractivity contribution in [1.82, 2.24) is 29.3 Å². The summed E-state index contributed by atoms with van der Waals surface area (Å²) in [6.45, 7) is 7.37. The molecule has 34 heavy (non-hydrogen) atoms. The van der Waals surface area contributed by atoms with Crippen LogP contribution in [0.15, 0.2) is 42.9 Å². The zero-order valence-corrected chi connectivity index (χ0v) is 20.0. The van der Waals surface area contributed by atoms with Crippen molar-refractivity contribution in [3.8, 4) is 34.7 Å². The van der Waals surface area contributed by atoms with Crippen molar-refractivity contribution < 1.29 is 9.47 Å². The van der Waals surface area contributed by atoms with Crippen LogP contribution in [0.5, 0.6) is 5.75 Å². The summed E-state index contributed by atoms with van der Waals surface area (Å²) in [5.41, 5.74) is 5.41. The van der Waals surface area contributed by atoms with E-state index in [-0.39, 0.29) is 5.41 Å². The number of ether oxygens (including phenoxy) is 2. The van der Waals surface area contributed by atoms with Crippen LogP contribution in [0, 0.1) is 11.8 Å². The Morgan fingerprint density at radius 3 is 2.59 bits per heavy atom. The average molecular weight is 455 g/mol. The van der Waals surface area contributed by atoms with E-state index in [9.17, 15) is 0 Å². The zero-order chi connectivity index (χ0) is 23.9. The summed E-state index contributed by atoms with van der Waals surface area (Å²) in [6, 6.07) is 9.93. The second kappa shape index (κ2) is 8.43. The van der Waals surface area contributed by atoms with Crippen molar-refractivity contribution in [2.24, 2.45) is 0 Å². The molecule has 0 aliphatic carbocycles. The van der Waals surface area contributed by atoms with E-state index in [0.29, 0.717) is 24.5 Å². The second-order valence-corrected chi connectivity index (χ2v) is 9.18. The Bertz CT molecular complexity index is 1410. The SMILES string of the molecule is COCc1nnc2n1Cc1c(C#Cc3ccc(C(C)(C)C)cn3)ncn1-c1ccc(OC)cc1-2. The van der Waals surface area contributed by atoms with Crippen LogP contribution in [0.1, 0.15) is 49.2 Å². The van der Waals surface area contributed by atoms with Gasteiger partial charge in [-0.25, -0.2) is 9.97 Å². The molecule has 172 valence electrons. The summed E-state index contributed by atoms with van der Waals surface area (Å²) in [5.74, 6) is 8.64. The topological polar surface area (TPSA) is 79.9 Å². The number of fused-ring (bicyclic) bond motifs is 5. The molecule has 4 heterocycles. The molecule has 8 heteroatoms. The molecule has 0 fully saturated rings. The van der Waals surface area contributed by atoms with Gasteiger partial charge in [0.05, 0.1) is 25.0 Å². The number of pyridine rings is 1. The molecule has 0 saturated carbocycles. The fourth-order valence-corrected chi connectivity index (χ4v) is 3.99. The van der Waals surface area contributed by atoms with Crippen LogP contribution >= 0.6 is 0 Å². The first-order valence-corrected chi connectivity index (χ1v) is 11.0. The van der Waals surface area contributed by atoms with Crippen LogP contribution < -0.4 is 4.74 Å². The highest BCUT2D eigenvalue weighted by atomic mass is 16.5. The highest BCUT2D eigenvalue weighted by Gasteiger charge is 2.26. The molecular formula is C26H26N6O2. The van der Waals surface area contributed by atoms with E-state index >= 15 is 0 Å². The van der Waals surface area contributed by atoms with Gasteiger partial charge in [0, 0.05) is 18.9 Å². The quantitative estimate of drug-likeness (QED) is 0.387. The summed E-state index contributed by atoms with van der Waals surface area (Å²) in [4.78, 5) is 9.16. The lowest BCUT2D eigenvalue weighted by molar-refractivity contribution is 0.174. The summed E-state index contributed by atoms with van der Waals surface area (Å²) >= 11 is 0. The molecule has 0 radical (unpaired) electrons. The fraction of sp³-hybridized carbons (Fsp3) is 0.308. The van der Waals surface area contributed by atoms with Crippen LogP contribution in [0.25, 0.3) is 17.1 Å². The van der Waals surface area contributed by atoms with Crippen LogP contribution in [0.3, 0.4) is 0 Å². The number of hydrogen-bond acceptors (Lipinski definition) is 6. The average Bonchev–Trinajstić information content (AvgIpc) is 3.38. The van der Waals surface area contributed by atoms with Crippen molar-refractivity contribution >= 4 is 0 Å². The van der Waals surface area contributed by atoms with E-state index in [1.165, 1.54) is 5.56 Å². The number of hydrogen-bond donors (Lipinski definition) is 0. The molecule has 3 aromatic heterocycles. The lowest BCUT2D eigenvalue weighted by atomic mass is 9.88. The molecule has 0 spiro atoms. The number of aromatic nitrogens is 6. The van der Waals surface area contributed by atoms with Crippen LogP contribution in [0.4, 0.5) is 0 Å². The van der Waals surface area contributed by atoms with Crippen LogP contribution in [-0.2, 0) is 23.3 Å². The van der Waals surface area contributed by atoms with Crippen LogP contribution in [-0.4, -0.2) is 43.5 Å². The summed E-state index contributed by atoms with van der Waals surface area (Å²) in [7, 11) is 3.30. The van der Waals surface area contributed by atoms with Crippen LogP contribution in [0.2, 0.25) is 0 Å². The molecule has 5 rings (SSSR count). The van der Waals surface area contributed by atoms with Gasteiger partial charge in [-0.1, -0.05) is 26.8 Å². The molecule has 0 saturated heterocycles. The largest absolute Gasteiger partial charge is 0.497 e. The Kier molecular flexibility index (Phi) is 5.42. The van der Waals surface area contributed by atoms with Gasteiger partial charge in [-0.15, -0.1) is 10.2 Å². The molecule has 0 amide bonds. The Balaban J connectivity index is 1.60. The van der Waals surface area contributed by atoms with Crippen molar-refractivity contribution in [3.05, 3.63) is 71.3 Å². The Morgan fingerprint density at radius 1 is 1.03 bits per heavy atom. The zero-order valence-electron chi connectivity index (χ0n) is 20.0. The summed E-state index contributed by atoms with van der Waals surface area (Å²) in [5, 5.41) is 8.83. The monoisotopic (exact) mass is 454 g/mol. The molecule has 1 aliphatic rings. The Labute approximate surface area is 198 Å². The van der Waals surface area contributed by atoms with Crippen molar-refractivity contribution in [2.45, 2.75) is 39.3 Å². The number of methoxy groups -OCH3 is 2. The molecule has 1 aromatic carbocycles. The molecule has 0 N–H and O–H groups in total. The fourth-order valence-electron chi connectivity index (χ4n) is 3.99. The number of imidazole rings is 1. The van der Waals surface area contributed by atoms with Crippen molar-refractivity contribution in [2.75, 3.05) is 14.2 Å². The van der Waals surface area contributed by atoms with E-state index in [4.69, 9.17) is 9.47 Å². The third kappa shape index (κ3) is 3.84. The highest BCUT2D eigenvalue weighted by Crippen LogP contribution is 2.34. The van der Waals surface area contributed by atoms with Gasteiger partial charge in [-0.05, 0) is 47.1 Å². The third-order valence-electron chi connectivity index (χ3n) is 5.92. The summed E-state index contributed by atoms with van der Waals surface area (Å²) in [6.07, 6.45) is 3.69. The molecule has 4 aromatic rings. The van der Waals surface area contributed by atoms with Gasteiger partial charge in [-0.3, -0.25) is 4.57 Å². The Morgan fingerprint density at radius 2 is 1.88 bits per heavy atom. The maximum Gasteiger partial charge on any atom is 0.166 e. The van der Waals surface area contributed by atoms with E-state index < -0.39 is 0 Å². The van der Waals surface area contributed by atoms with Gasteiger partial charge in [-0.2, -0.15) is 0 Å². The molecular weight excluding hydrogens is 428 g/mol. The third-order valence-corrected chi connectivity index (χ3v) is 5.92.